The summed E-state index contributed by atoms with van der Waals surface area (Å²) in [6.07, 6.45) is 1.09. The quantitative estimate of drug-likeness (QED) is 0.782. The number of carbonyl (C=O) groups is 1. The molecule has 0 spiro atoms. The number of aromatic nitrogens is 1. The van der Waals surface area contributed by atoms with Gasteiger partial charge >= 0.3 is 5.97 Å². The second-order valence-corrected chi connectivity index (χ2v) is 6.94. The van der Waals surface area contributed by atoms with E-state index in [1.165, 1.54) is 5.75 Å². The van der Waals surface area contributed by atoms with Gasteiger partial charge < -0.3 is 9.64 Å². The smallest absolute Gasteiger partial charge is 0.306 e. The van der Waals surface area contributed by atoms with Gasteiger partial charge in [0.1, 0.15) is 0 Å². The maximum atomic E-state index is 11.3. The van der Waals surface area contributed by atoms with Gasteiger partial charge in [-0.3, -0.25) is 4.79 Å². The number of aryl methyl sites for hydroxylation is 1. The van der Waals surface area contributed by atoms with Crippen LogP contribution in [0.5, 0.6) is 0 Å². The number of thiazole rings is 1. The molecule has 0 bridgehead atoms. The molecule has 1 aliphatic heterocycles. The van der Waals surface area contributed by atoms with Crippen LogP contribution in [0, 0.1) is 0 Å². The molecule has 4 nitrogen and oxygen atoms in total. The molecule has 19 heavy (non-hydrogen) atoms. The van der Waals surface area contributed by atoms with E-state index < -0.39 is 0 Å². The van der Waals surface area contributed by atoms with Crippen LogP contribution in [0.1, 0.15) is 26.0 Å². The van der Waals surface area contributed by atoms with Crippen LogP contribution in [0.3, 0.4) is 0 Å². The molecule has 0 amide bonds. The monoisotopic (exact) mass is 300 g/mol. The summed E-state index contributed by atoms with van der Waals surface area (Å²) in [6, 6.07) is 0. The van der Waals surface area contributed by atoms with Crippen molar-refractivity contribution < 1.29 is 9.53 Å². The summed E-state index contributed by atoms with van der Waals surface area (Å²) in [5.41, 5.74) is 0.999. The first-order valence-electron chi connectivity index (χ1n) is 6.65. The molecule has 1 aromatic rings. The largest absolute Gasteiger partial charge is 0.466 e. The number of esters is 1. The zero-order chi connectivity index (χ0) is 13.7. The molecule has 1 unspecified atom stereocenters. The first kappa shape index (κ1) is 14.7. The zero-order valence-corrected chi connectivity index (χ0v) is 13.1. The Morgan fingerprint density at radius 2 is 2.47 bits per heavy atom. The Kier molecular flexibility index (Phi) is 5.51. The lowest BCUT2D eigenvalue weighted by atomic mass is 10.2. The van der Waals surface area contributed by atoms with Crippen LogP contribution in [0.15, 0.2) is 5.38 Å². The Hall–Kier alpha value is -0.750. The normalized spacial score (nSPS) is 19.5. The third-order valence-corrected chi connectivity index (χ3v) is 5.03. The molecule has 1 fully saturated rings. The van der Waals surface area contributed by atoms with Gasteiger partial charge in [-0.25, -0.2) is 4.98 Å². The fourth-order valence-electron chi connectivity index (χ4n) is 2.01. The molecule has 1 saturated heterocycles. The average Bonchev–Trinajstić information content (AvgIpc) is 2.85. The molecule has 1 atom stereocenters. The van der Waals surface area contributed by atoms with E-state index in [4.69, 9.17) is 4.74 Å². The highest BCUT2D eigenvalue weighted by atomic mass is 32.2. The van der Waals surface area contributed by atoms with Crippen LogP contribution >= 0.6 is 23.1 Å². The minimum Gasteiger partial charge on any atom is -0.466 e. The van der Waals surface area contributed by atoms with Crippen LogP contribution in [-0.2, 0) is 16.0 Å². The van der Waals surface area contributed by atoms with Crippen LogP contribution in [0.2, 0.25) is 0 Å². The van der Waals surface area contributed by atoms with Crippen molar-refractivity contribution in [1.29, 1.82) is 0 Å². The van der Waals surface area contributed by atoms with Gasteiger partial charge in [-0.1, -0.05) is 6.92 Å². The molecule has 1 aromatic heterocycles. The van der Waals surface area contributed by atoms with Gasteiger partial charge in [0, 0.05) is 35.9 Å². The minimum absolute atomic E-state index is 0.139. The molecule has 0 radical (unpaired) electrons. The highest BCUT2D eigenvalue weighted by Crippen LogP contribution is 2.26. The summed E-state index contributed by atoms with van der Waals surface area (Å²) in [7, 11) is 0. The van der Waals surface area contributed by atoms with Gasteiger partial charge in [0.05, 0.1) is 18.7 Å². The lowest BCUT2D eigenvalue weighted by Crippen LogP contribution is -2.36. The maximum absolute atomic E-state index is 11.3. The van der Waals surface area contributed by atoms with Crippen molar-refractivity contribution in [2.45, 2.75) is 31.9 Å². The molecule has 0 aliphatic carbocycles. The number of hydrogen-bond acceptors (Lipinski definition) is 6. The topological polar surface area (TPSA) is 42.4 Å². The summed E-state index contributed by atoms with van der Waals surface area (Å²) < 4.78 is 4.92. The van der Waals surface area contributed by atoms with Gasteiger partial charge in [-0.2, -0.15) is 11.8 Å². The molecule has 0 aromatic carbocycles. The van der Waals surface area contributed by atoms with Crippen molar-refractivity contribution in [3.63, 3.8) is 0 Å². The highest BCUT2D eigenvalue weighted by Gasteiger charge is 2.19. The Bertz CT molecular complexity index is 423. The highest BCUT2D eigenvalue weighted by molar-refractivity contribution is 8.00. The van der Waals surface area contributed by atoms with Crippen LogP contribution < -0.4 is 4.90 Å². The van der Waals surface area contributed by atoms with Crippen molar-refractivity contribution in [2.75, 3.05) is 30.3 Å². The molecule has 106 valence electrons. The maximum Gasteiger partial charge on any atom is 0.306 e. The fraction of sp³-hybridized carbons (Fsp3) is 0.692. The first-order chi connectivity index (χ1) is 9.19. The summed E-state index contributed by atoms with van der Waals surface area (Å²) >= 11 is 3.69. The molecule has 1 aliphatic rings. The van der Waals surface area contributed by atoms with E-state index in [1.807, 2.05) is 18.7 Å². The second-order valence-electron chi connectivity index (χ2n) is 4.55. The van der Waals surface area contributed by atoms with E-state index in [0.717, 1.165) is 23.9 Å². The minimum atomic E-state index is -0.139. The summed E-state index contributed by atoms with van der Waals surface area (Å²) in [5, 5.41) is 3.81. The molecular formula is C13H20N2O2S2. The molecule has 2 heterocycles. The first-order valence-corrected chi connectivity index (χ1v) is 8.58. The van der Waals surface area contributed by atoms with E-state index in [0.29, 0.717) is 24.7 Å². The number of carbonyl (C=O) groups excluding carboxylic acids is 1. The van der Waals surface area contributed by atoms with Gasteiger partial charge in [-0.15, -0.1) is 11.3 Å². The van der Waals surface area contributed by atoms with Gasteiger partial charge in [0.15, 0.2) is 5.13 Å². The van der Waals surface area contributed by atoms with Crippen LogP contribution in [0.25, 0.3) is 0 Å². The molecule has 6 heteroatoms. The standard InChI is InChI=1S/C13H20N2O2S2/c1-3-17-12(16)5-4-11-9-19-13(14-11)15-6-7-18-10(2)8-15/h9-10H,3-8H2,1-2H3. The molecule has 0 saturated carbocycles. The lowest BCUT2D eigenvalue weighted by molar-refractivity contribution is -0.143. The third-order valence-electron chi connectivity index (χ3n) is 2.94. The zero-order valence-electron chi connectivity index (χ0n) is 11.4. The SMILES string of the molecule is CCOC(=O)CCc1csc(N2CCSC(C)C2)n1. The summed E-state index contributed by atoms with van der Waals surface area (Å²) in [5.74, 6) is 1.03. The Morgan fingerprint density at radius 1 is 1.63 bits per heavy atom. The predicted octanol–water partition coefficient (Wildman–Crippen LogP) is 2.58. The molecule has 2 rings (SSSR count). The number of hydrogen-bond donors (Lipinski definition) is 0. The van der Waals surface area contributed by atoms with E-state index in [-0.39, 0.29) is 5.97 Å². The van der Waals surface area contributed by atoms with Crippen molar-refractivity contribution in [3.8, 4) is 0 Å². The van der Waals surface area contributed by atoms with Crippen molar-refractivity contribution in [2.24, 2.45) is 0 Å². The average molecular weight is 300 g/mol. The number of ether oxygens (including phenoxy) is 1. The van der Waals surface area contributed by atoms with Crippen molar-refractivity contribution in [3.05, 3.63) is 11.1 Å². The molecular weight excluding hydrogens is 280 g/mol. The number of rotatable bonds is 5. The summed E-state index contributed by atoms with van der Waals surface area (Å²) in [6.45, 7) is 6.67. The number of anilines is 1. The fourth-order valence-corrected chi connectivity index (χ4v) is 3.92. The third kappa shape index (κ3) is 4.38. The Morgan fingerprint density at radius 3 is 3.21 bits per heavy atom. The van der Waals surface area contributed by atoms with Crippen molar-refractivity contribution in [1.82, 2.24) is 4.98 Å². The lowest BCUT2D eigenvalue weighted by Gasteiger charge is -2.30. The van der Waals surface area contributed by atoms with E-state index in [9.17, 15) is 4.79 Å². The Labute approximate surface area is 122 Å². The van der Waals surface area contributed by atoms with Crippen LogP contribution in [-0.4, -0.2) is 41.7 Å². The van der Waals surface area contributed by atoms with Gasteiger partial charge in [-0.05, 0) is 6.92 Å². The Balaban J connectivity index is 1.86. The van der Waals surface area contributed by atoms with Crippen molar-refractivity contribution >= 4 is 34.2 Å². The van der Waals surface area contributed by atoms with E-state index in [2.05, 4.69) is 22.2 Å². The van der Waals surface area contributed by atoms with E-state index in [1.54, 1.807) is 11.3 Å². The second kappa shape index (κ2) is 7.14. The van der Waals surface area contributed by atoms with Gasteiger partial charge in [0.25, 0.3) is 0 Å². The van der Waals surface area contributed by atoms with E-state index >= 15 is 0 Å². The van der Waals surface area contributed by atoms with Gasteiger partial charge in [0.2, 0.25) is 0 Å². The summed E-state index contributed by atoms with van der Waals surface area (Å²) in [4.78, 5) is 18.3. The van der Waals surface area contributed by atoms with Crippen LogP contribution in [0.4, 0.5) is 5.13 Å². The number of thioether (sulfide) groups is 1. The number of nitrogens with zero attached hydrogens (tertiary/aromatic N) is 2. The molecule has 0 N–H and O–H groups in total. The predicted molar refractivity (Wildman–Crippen MR) is 81.2 cm³/mol.